The molecule has 1 aromatic carbocycles. The van der Waals surface area contributed by atoms with E-state index in [0.717, 1.165) is 12.1 Å². The lowest BCUT2D eigenvalue weighted by Crippen LogP contribution is -2.54. The lowest BCUT2D eigenvalue weighted by molar-refractivity contribution is -0.145. The molecule has 0 saturated carbocycles. The highest BCUT2D eigenvalue weighted by molar-refractivity contribution is 5.78. The summed E-state index contributed by atoms with van der Waals surface area (Å²) in [6.07, 6.45) is -0.422. The summed E-state index contributed by atoms with van der Waals surface area (Å²) in [5.74, 6) is -2.60. The Hall–Kier alpha value is -1.69. The molecule has 0 aliphatic rings. The van der Waals surface area contributed by atoms with Crippen LogP contribution in [-0.4, -0.2) is 28.8 Å². The highest BCUT2D eigenvalue weighted by atomic mass is 19.1. The molecule has 0 spiro atoms. The predicted molar refractivity (Wildman–Crippen MR) is 75.4 cm³/mol. The van der Waals surface area contributed by atoms with E-state index in [1.165, 1.54) is 6.07 Å². The molecule has 6 heteroatoms. The molecular weight excluding hydrogens is 280 g/mol. The zero-order chi connectivity index (χ0) is 16.2. The zero-order valence-electron chi connectivity index (χ0n) is 12.6. The van der Waals surface area contributed by atoms with Gasteiger partial charge >= 0.3 is 5.97 Å². The molecule has 2 N–H and O–H groups in total. The molecule has 0 radical (unpaired) electrons. The Balaban J connectivity index is 2.78. The van der Waals surface area contributed by atoms with Crippen molar-refractivity contribution in [3.05, 3.63) is 29.8 Å². The second-order valence-corrected chi connectivity index (χ2v) is 5.64. The lowest BCUT2D eigenvalue weighted by atomic mass is 9.94. The highest BCUT2D eigenvalue weighted by Gasteiger charge is 2.35. The Bertz CT molecular complexity index is 508. The molecule has 21 heavy (non-hydrogen) atoms. The maximum Gasteiger partial charge on any atom is 0.323 e. The van der Waals surface area contributed by atoms with Crippen LogP contribution in [0.4, 0.5) is 8.78 Å². The first kappa shape index (κ1) is 17.4. The van der Waals surface area contributed by atoms with Crippen molar-refractivity contribution in [3.63, 3.8) is 0 Å². The van der Waals surface area contributed by atoms with Crippen LogP contribution in [0.3, 0.4) is 0 Å². The number of rotatable bonds is 7. The van der Waals surface area contributed by atoms with Crippen molar-refractivity contribution >= 4 is 5.97 Å². The van der Waals surface area contributed by atoms with Gasteiger partial charge in [0.05, 0.1) is 6.10 Å². The van der Waals surface area contributed by atoms with Crippen molar-refractivity contribution in [1.29, 1.82) is 0 Å². The Kier molecular flexibility index (Phi) is 5.66. The van der Waals surface area contributed by atoms with Gasteiger partial charge in [-0.15, -0.1) is 0 Å². The minimum Gasteiger partial charge on any atom is -0.488 e. The maximum absolute atomic E-state index is 13.5. The highest BCUT2D eigenvalue weighted by Crippen LogP contribution is 2.22. The van der Waals surface area contributed by atoms with Crippen LogP contribution in [0.5, 0.6) is 5.75 Å². The molecular formula is C15H21F2NO3. The summed E-state index contributed by atoms with van der Waals surface area (Å²) in [5, 5.41) is 12.3. The van der Waals surface area contributed by atoms with Crippen LogP contribution in [0.25, 0.3) is 0 Å². The minimum absolute atomic E-state index is 0.0270. The fourth-order valence-electron chi connectivity index (χ4n) is 2.25. The van der Waals surface area contributed by atoms with Crippen LogP contribution in [0.1, 0.15) is 34.1 Å². The molecule has 2 atom stereocenters. The van der Waals surface area contributed by atoms with Crippen molar-refractivity contribution < 1.29 is 23.4 Å². The number of carbonyl (C=O) groups is 1. The van der Waals surface area contributed by atoms with Gasteiger partial charge in [-0.05, 0) is 39.8 Å². The minimum atomic E-state index is -1.19. The number of carboxylic acid groups (broad SMARTS) is 1. The lowest BCUT2D eigenvalue weighted by Gasteiger charge is -2.31. The predicted octanol–water partition coefficient (Wildman–Crippen LogP) is 2.96. The average Bonchev–Trinajstić information content (AvgIpc) is 2.31. The fraction of sp³-hybridized carbons (Fsp3) is 0.533. The Morgan fingerprint density at radius 3 is 2.48 bits per heavy atom. The van der Waals surface area contributed by atoms with Gasteiger partial charge < -0.3 is 9.84 Å². The summed E-state index contributed by atoms with van der Waals surface area (Å²) in [5.41, 5.74) is -1.19. The molecule has 0 fully saturated rings. The third-order valence-electron chi connectivity index (χ3n) is 3.00. The van der Waals surface area contributed by atoms with Crippen molar-refractivity contribution in [3.8, 4) is 5.75 Å². The second-order valence-electron chi connectivity index (χ2n) is 5.64. The van der Waals surface area contributed by atoms with Gasteiger partial charge in [0.15, 0.2) is 11.6 Å². The summed E-state index contributed by atoms with van der Waals surface area (Å²) in [6.45, 7) is 6.88. The van der Waals surface area contributed by atoms with E-state index in [2.05, 4.69) is 5.32 Å². The van der Waals surface area contributed by atoms with Gasteiger partial charge in [-0.2, -0.15) is 0 Å². The van der Waals surface area contributed by atoms with E-state index in [4.69, 9.17) is 4.74 Å². The first-order valence-corrected chi connectivity index (χ1v) is 6.77. The Labute approximate surface area is 123 Å². The van der Waals surface area contributed by atoms with Crippen molar-refractivity contribution in [1.82, 2.24) is 5.32 Å². The number of halogens is 2. The molecule has 0 heterocycles. The van der Waals surface area contributed by atoms with Crippen LogP contribution in [0.2, 0.25) is 0 Å². The number of benzene rings is 1. The van der Waals surface area contributed by atoms with Crippen molar-refractivity contribution in [2.24, 2.45) is 0 Å². The largest absolute Gasteiger partial charge is 0.488 e. The normalized spacial score (nSPS) is 15.6. The summed E-state index contributed by atoms with van der Waals surface area (Å²) in [7, 11) is 0. The van der Waals surface area contributed by atoms with E-state index in [-0.39, 0.29) is 18.2 Å². The van der Waals surface area contributed by atoms with Crippen LogP contribution in [0.15, 0.2) is 18.2 Å². The quantitative estimate of drug-likeness (QED) is 0.813. The monoisotopic (exact) mass is 301 g/mol. The maximum atomic E-state index is 13.5. The van der Waals surface area contributed by atoms with Crippen molar-refractivity contribution in [2.45, 2.75) is 51.8 Å². The molecule has 2 unspecified atom stereocenters. The second kappa shape index (κ2) is 6.85. The van der Waals surface area contributed by atoms with E-state index in [1.54, 1.807) is 13.8 Å². The summed E-state index contributed by atoms with van der Waals surface area (Å²) < 4.78 is 31.7. The average molecular weight is 301 g/mol. The van der Waals surface area contributed by atoms with Crippen LogP contribution in [0, 0.1) is 11.6 Å². The van der Waals surface area contributed by atoms with E-state index in [1.807, 2.05) is 13.8 Å². The third kappa shape index (κ3) is 4.97. The Morgan fingerprint density at radius 2 is 2.00 bits per heavy atom. The summed E-state index contributed by atoms with van der Waals surface area (Å²) in [4.78, 5) is 11.4. The number of hydrogen-bond donors (Lipinski definition) is 2. The third-order valence-corrected chi connectivity index (χ3v) is 3.00. The number of aliphatic carboxylic acids is 1. The molecule has 0 amide bonds. The number of ether oxygens (including phenoxy) is 1. The van der Waals surface area contributed by atoms with Gasteiger partial charge in [0.2, 0.25) is 0 Å². The first-order valence-electron chi connectivity index (χ1n) is 6.77. The molecule has 0 aliphatic heterocycles. The van der Waals surface area contributed by atoms with Crippen LogP contribution < -0.4 is 10.1 Å². The molecule has 118 valence electrons. The van der Waals surface area contributed by atoms with E-state index < -0.39 is 29.2 Å². The first-order chi connectivity index (χ1) is 9.64. The Morgan fingerprint density at radius 1 is 1.38 bits per heavy atom. The standard InChI is InChI=1S/C15H21F2NO3/c1-9(2)18-15(4,14(19)20)8-10(3)21-13-6-5-11(16)7-12(13)17/h5-7,9-10,18H,8H2,1-4H3,(H,19,20). The van der Waals surface area contributed by atoms with Gasteiger partial charge in [0, 0.05) is 18.5 Å². The summed E-state index contributed by atoms with van der Waals surface area (Å²) >= 11 is 0. The number of nitrogens with one attached hydrogen (secondary N) is 1. The molecule has 0 bridgehead atoms. The molecule has 0 aromatic heterocycles. The van der Waals surface area contributed by atoms with Gasteiger partial charge in [0.25, 0.3) is 0 Å². The summed E-state index contributed by atoms with van der Waals surface area (Å²) in [6, 6.07) is 2.98. The van der Waals surface area contributed by atoms with Crippen LogP contribution >= 0.6 is 0 Å². The van der Waals surface area contributed by atoms with Gasteiger partial charge in [-0.3, -0.25) is 10.1 Å². The number of carboxylic acids is 1. The zero-order valence-corrected chi connectivity index (χ0v) is 12.6. The van der Waals surface area contributed by atoms with Gasteiger partial charge in [-0.25, -0.2) is 8.78 Å². The molecule has 0 saturated heterocycles. The molecule has 4 nitrogen and oxygen atoms in total. The van der Waals surface area contributed by atoms with Gasteiger partial charge in [-0.1, -0.05) is 0 Å². The molecule has 1 rings (SSSR count). The topological polar surface area (TPSA) is 58.6 Å². The molecule has 0 aliphatic carbocycles. The van der Waals surface area contributed by atoms with E-state index >= 15 is 0 Å². The van der Waals surface area contributed by atoms with Crippen molar-refractivity contribution in [2.75, 3.05) is 0 Å². The van der Waals surface area contributed by atoms with E-state index in [9.17, 15) is 18.7 Å². The smallest absolute Gasteiger partial charge is 0.323 e. The molecule has 1 aromatic rings. The fourth-order valence-corrected chi connectivity index (χ4v) is 2.25. The van der Waals surface area contributed by atoms with Gasteiger partial charge in [0.1, 0.15) is 11.4 Å². The van der Waals surface area contributed by atoms with Crippen LogP contribution in [-0.2, 0) is 4.79 Å². The van der Waals surface area contributed by atoms with E-state index in [0.29, 0.717) is 0 Å². The number of hydrogen-bond acceptors (Lipinski definition) is 3. The SMILES string of the molecule is CC(C)NC(C)(CC(C)Oc1ccc(F)cc1F)C(=O)O.